The third kappa shape index (κ3) is 5.46. The first-order valence-corrected chi connectivity index (χ1v) is 17.6. The zero-order valence-corrected chi connectivity index (χ0v) is 28.3. The van der Waals surface area contributed by atoms with E-state index in [2.05, 4.69) is 92.4 Å². The Bertz CT molecular complexity index is 1370. The van der Waals surface area contributed by atoms with E-state index >= 15 is 0 Å². The number of carbonyl (C=O) groups is 1. The summed E-state index contributed by atoms with van der Waals surface area (Å²) >= 11 is 0. The number of nitrogens with zero attached hydrogens (tertiary/aromatic N) is 2. The summed E-state index contributed by atoms with van der Waals surface area (Å²) in [6, 6.07) is 11.3. The minimum Gasteiger partial charge on any atom is -0.385 e. The van der Waals surface area contributed by atoms with Crippen LogP contribution in [0.2, 0.25) is 0 Å². The highest BCUT2D eigenvalue weighted by atomic mass is 16.6. The van der Waals surface area contributed by atoms with Crippen molar-refractivity contribution in [3.8, 4) is 12.3 Å². The van der Waals surface area contributed by atoms with E-state index < -0.39 is 5.60 Å². The number of terminal acetylenes is 1. The molecule has 1 amide bonds. The summed E-state index contributed by atoms with van der Waals surface area (Å²) in [4.78, 5) is 20.9. The van der Waals surface area contributed by atoms with E-state index in [1.807, 2.05) is 0 Å². The molecule has 6 rings (SSSR count). The summed E-state index contributed by atoms with van der Waals surface area (Å²) in [6.45, 7) is 11.0. The van der Waals surface area contributed by atoms with Crippen molar-refractivity contribution in [3.05, 3.63) is 47.5 Å². The van der Waals surface area contributed by atoms with Gasteiger partial charge in [-0.15, -0.1) is 6.42 Å². The number of oxime groups is 1. The van der Waals surface area contributed by atoms with Crippen LogP contribution in [0.15, 0.2) is 47.1 Å². The minimum atomic E-state index is -0.955. The standard InChI is InChI=1S/C39H55N3O3/c1-7-39(44)20-17-34-32-14-13-30-23-31(15-18-36(30,4)33(32)16-19-37(34,39)5)41-45-26-35(43)40-22-21-38(29-11-9-8-10-12-29)24-28(3)42(6)25-27(38)2/h1,8-12,23,27-28,32-34,44H,13-22,24-26H2,2-6H3,(H,40,43)/t27-,28-,32-,33+,34-,36-,37-,38+,39+/m1/s1. The minimum absolute atomic E-state index is 0.0404. The maximum Gasteiger partial charge on any atom is 0.260 e. The fraction of sp³-hybridized carbons (Fsp3) is 0.692. The van der Waals surface area contributed by atoms with Crippen LogP contribution in [0.5, 0.6) is 0 Å². The molecule has 1 saturated heterocycles. The van der Waals surface area contributed by atoms with Crippen LogP contribution in [-0.2, 0) is 15.0 Å². The highest BCUT2D eigenvalue weighted by molar-refractivity contribution is 5.96. The number of benzene rings is 1. The first-order chi connectivity index (χ1) is 21.5. The number of amides is 1. The molecule has 2 N–H and O–H groups in total. The van der Waals surface area contributed by atoms with Crippen molar-refractivity contribution in [2.75, 3.05) is 26.7 Å². The predicted octanol–water partition coefficient (Wildman–Crippen LogP) is 6.49. The number of aliphatic hydroxyl groups is 1. The lowest BCUT2D eigenvalue weighted by atomic mass is 9.46. The van der Waals surface area contributed by atoms with Crippen LogP contribution in [0.1, 0.15) is 97.5 Å². The lowest BCUT2D eigenvalue weighted by Crippen LogP contribution is -2.54. The lowest BCUT2D eigenvalue weighted by Gasteiger charge is -2.58. The average Bonchev–Trinajstić information content (AvgIpc) is 3.31. The van der Waals surface area contributed by atoms with Crippen LogP contribution in [0.25, 0.3) is 0 Å². The quantitative estimate of drug-likeness (QED) is 0.272. The largest absolute Gasteiger partial charge is 0.385 e. The molecule has 1 aromatic rings. The molecule has 6 heteroatoms. The van der Waals surface area contributed by atoms with Crippen LogP contribution >= 0.6 is 0 Å². The van der Waals surface area contributed by atoms with Crippen molar-refractivity contribution < 1.29 is 14.7 Å². The van der Waals surface area contributed by atoms with Crippen molar-refractivity contribution in [1.29, 1.82) is 0 Å². The van der Waals surface area contributed by atoms with Gasteiger partial charge in [-0.25, -0.2) is 0 Å². The maximum atomic E-state index is 12.8. The second-order valence-electron chi connectivity index (χ2n) is 15.9. The Morgan fingerprint density at radius 2 is 1.87 bits per heavy atom. The van der Waals surface area contributed by atoms with Gasteiger partial charge in [0.25, 0.3) is 5.91 Å². The Hall–Kier alpha value is -2.62. The fourth-order valence-corrected chi connectivity index (χ4v) is 10.9. The Morgan fingerprint density at radius 1 is 1.11 bits per heavy atom. The van der Waals surface area contributed by atoms with Gasteiger partial charge in [0, 0.05) is 30.0 Å². The molecule has 1 aromatic carbocycles. The maximum absolute atomic E-state index is 12.8. The number of fused-ring (bicyclic) bond motifs is 5. The van der Waals surface area contributed by atoms with Crippen molar-refractivity contribution in [2.45, 2.75) is 109 Å². The molecule has 244 valence electrons. The van der Waals surface area contributed by atoms with Crippen LogP contribution in [0.4, 0.5) is 0 Å². The molecular weight excluding hydrogens is 558 g/mol. The molecule has 3 saturated carbocycles. The Labute approximate surface area is 271 Å². The summed E-state index contributed by atoms with van der Waals surface area (Å²) < 4.78 is 0. The van der Waals surface area contributed by atoms with Gasteiger partial charge in [-0.05, 0) is 119 Å². The molecule has 5 aliphatic rings. The van der Waals surface area contributed by atoms with Gasteiger partial charge in [-0.2, -0.15) is 0 Å². The van der Waals surface area contributed by atoms with Gasteiger partial charge in [0.15, 0.2) is 6.61 Å². The predicted molar refractivity (Wildman–Crippen MR) is 180 cm³/mol. The van der Waals surface area contributed by atoms with Gasteiger partial charge >= 0.3 is 0 Å². The molecule has 0 radical (unpaired) electrons. The van der Waals surface area contributed by atoms with Gasteiger partial charge in [0.2, 0.25) is 0 Å². The lowest BCUT2D eigenvalue weighted by molar-refractivity contribution is -0.125. The third-order valence-corrected chi connectivity index (χ3v) is 13.9. The van der Waals surface area contributed by atoms with E-state index in [1.165, 1.54) is 11.1 Å². The van der Waals surface area contributed by atoms with Crippen molar-refractivity contribution in [1.82, 2.24) is 10.2 Å². The molecule has 9 atom stereocenters. The van der Waals surface area contributed by atoms with Gasteiger partial charge in [-0.1, -0.05) is 67.8 Å². The van der Waals surface area contributed by atoms with E-state index in [9.17, 15) is 9.90 Å². The highest BCUT2D eigenvalue weighted by Crippen LogP contribution is 2.67. The Balaban J connectivity index is 1.04. The van der Waals surface area contributed by atoms with E-state index in [0.717, 1.165) is 76.5 Å². The second kappa shape index (κ2) is 12.2. The molecule has 4 fully saturated rings. The molecule has 4 aliphatic carbocycles. The first kappa shape index (κ1) is 32.3. The number of nitrogens with one attached hydrogen (secondary N) is 1. The van der Waals surface area contributed by atoms with Gasteiger partial charge in [-0.3, -0.25) is 4.79 Å². The molecule has 1 aliphatic heterocycles. The van der Waals surface area contributed by atoms with Crippen molar-refractivity contribution in [3.63, 3.8) is 0 Å². The molecule has 0 unspecified atom stereocenters. The van der Waals surface area contributed by atoms with Gasteiger partial charge in [0.1, 0.15) is 5.60 Å². The zero-order valence-electron chi connectivity index (χ0n) is 28.3. The summed E-state index contributed by atoms with van der Waals surface area (Å²) in [5, 5.41) is 18.9. The molecule has 0 aromatic heterocycles. The second-order valence-corrected chi connectivity index (χ2v) is 15.9. The van der Waals surface area contributed by atoms with E-state index in [-0.39, 0.29) is 28.8 Å². The van der Waals surface area contributed by atoms with Crippen LogP contribution in [0.3, 0.4) is 0 Å². The number of rotatable bonds is 7. The van der Waals surface area contributed by atoms with Crippen molar-refractivity contribution >= 4 is 11.6 Å². The van der Waals surface area contributed by atoms with Crippen LogP contribution in [0, 0.1) is 46.8 Å². The molecule has 6 nitrogen and oxygen atoms in total. The Kier molecular flexibility index (Phi) is 8.76. The van der Waals surface area contributed by atoms with E-state index in [1.54, 1.807) is 0 Å². The molecule has 45 heavy (non-hydrogen) atoms. The van der Waals surface area contributed by atoms with E-state index in [0.29, 0.717) is 36.3 Å². The number of piperidine rings is 1. The topological polar surface area (TPSA) is 74.2 Å². The smallest absolute Gasteiger partial charge is 0.260 e. The third-order valence-electron chi connectivity index (χ3n) is 13.9. The summed E-state index contributed by atoms with van der Waals surface area (Å²) in [6.07, 6.45) is 18.2. The van der Waals surface area contributed by atoms with Crippen LogP contribution in [-0.4, -0.2) is 60.0 Å². The zero-order chi connectivity index (χ0) is 32.0. The van der Waals surface area contributed by atoms with Crippen LogP contribution < -0.4 is 5.32 Å². The van der Waals surface area contributed by atoms with Crippen molar-refractivity contribution in [2.24, 2.45) is 39.7 Å². The summed E-state index contributed by atoms with van der Waals surface area (Å²) in [5.41, 5.74) is 2.90. The molecule has 0 spiro atoms. The molecule has 1 heterocycles. The number of likely N-dealkylation sites (tertiary alicyclic amines) is 1. The monoisotopic (exact) mass is 613 g/mol. The fourth-order valence-electron chi connectivity index (χ4n) is 10.9. The number of hydrogen-bond acceptors (Lipinski definition) is 5. The van der Waals surface area contributed by atoms with E-state index in [4.69, 9.17) is 11.3 Å². The van der Waals surface area contributed by atoms with Gasteiger partial charge in [0.05, 0.1) is 5.71 Å². The normalized spacial score (nSPS) is 42.1. The molecule has 0 bridgehead atoms. The SMILES string of the molecule is C#C[C@]1(O)CC[C@@H]2[C@@H]3CCC4=CC(=NOCC(=O)NCC[C@]5(c6ccccc6)C[C@@H](C)N(C)C[C@H]5C)CC[C@@]4(C)[C@H]3CC[C@]21C. The first-order valence-electron chi connectivity index (χ1n) is 17.6. The number of hydrogen-bond donors (Lipinski definition) is 2. The number of carbonyl (C=O) groups excluding carboxylic acids is 1. The molecular formula is C39H55N3O3. The Morgan fingerprint density at radius 3 is 2.62 bits per heavy atom. The highest BCUT2D eigenvalue weighted by Gasteiger charge is 2.63. The summed E-state index contributed by atoms with van der Waals surface area (Å²) in [5.74, 6) is 4.92. The van der Waals surface area contributed by atoms with Gasteiger partial charge < -0.3 is 20.2 Å². The average molecular weight is 614 g/mol. The summed E-state index contributed by atoms with van der Waals surface area (Å²) in [7, 11) is 2.21. The number of allylic oxidation sites excluding steroid dienone is 2.